The van der Waals surface area contributed by atoms with E-state index in [1.54, 1.807) is 11.8 Å². The number of carbonyl (C=O) groups is 2. The van der Waals surface area contributed by atoms with E-state index in [1.165, 1.54) is 0 Å². The van der Waals surface area contributed by atoms with E-state index in [1.807, 2.05) is 0 Å². The summed E-state index contributed by atoms with van der Waals surface area (Å²) in [5.74, 6) is -0.512. The zero-order valence-electron chi connectivity index (χ0n) is 11.3. The molecule has 1 heterocycles. The molecule has 0 aromatic carbocycles. The summed E-state index contributed by atoms with van der Waals surface area (Å²) in [4.78, 5) is 24.6. The van der Waals surface area contributed by atoms with E-state index >= 15 is 0 Å². The summed E-state index contributed by atoms with van der Waals surface area (Å²) in [6.45, 7) is 4.46. The molecule has 1 saturated heterocycles. The lowest BCUT2D eigenvalue weighted by atomic mass is 9.87. The highest BCUT2D eigenvalue weighted by Gasteiger charge is 2.37. The molecule has 0 bridgehead atoms. The first-order chi connectivity index (χ1) is 8.51. The van der Waals surface area contributed by atoms with Gasteiger partial charge in [-0.3, -0.25) is 14.5 Å². The third-order valence-corrected chi connectivity index (χ3v) is 3.77. The van der Waals surface area contributed by atoms with Crippen LogP contribution in [-0.4, -0.2) is 40.5 Å². The first kappa shape index (κ1) is 15.1. The number of carboxylic acid groups (broad SMARTS) is 1. The predicted octanol–water partition coefficient (Wildman–Crippen LogP) is 1.22. The molecule has 0 saturated carbocycles. The van der Waals surface area contributed by atoms with Crippen molar-refractivity contribution >= 4 is 11.8 Å². The van der Waals surface area contributed by atoms with Crippen molar-refractivity contribution in [2.24, 2.45) is 11.7 Å². The largest absolute Gasteiger partial charge is 0.480 e. The molecule has 0 aromatic rings. The summed E-state index contributed by atoms with van der Waals surface area (Å²) in [5, 5.41) is 9.29. The van der Waals surface area contributed by atoms with E-state index in [2.05, 4.69) is 6.92 Å². The zero-order chi connectivity index (χ0) is 13.7. The van der Waals surface area contributed by atoms with Crippen molar-refractivity contribution in [2.45, 2.75) is 58.2 Å². The van der Waals surface area contributed by atoms with Crippen LogP contribution in [0.25, 0.3) is 0 Å². The van der Waals surface area contributed by atoms with Gasteiger partial charge in [0.25, 0.3) is 0 Å². The smallest absolute Gasteiger partial charge is 0.320 e. The van der Waals surface area contributed by atoms with Crippen LogP contribution >= 0.6 is 0 Å². The van der Waals surface area contributed by atoms with Crippen molar-refractivity contribution in [3.8, 4) is 0 Å². The van der Waals surface area contributed by atoms with Crippen LogP contribution < -0.4 is 5.73 Å². The van der Waals surface area contributed by atoms with Crippen molar-refractivity contribution in [3.63, 3.8) is 0 Å². The molecule has 3 N–H and O–H groups in total. The Hall–Kier alpha value is -0.940. The average Bonchev–Trinajstić information content (AvgIpc) is 2.37. The minimum atomic E-state index is -0.866. The van der Waals surface area contributed by atoms with Gasteiger partial charge in [0.1, 0.15) is 12.2 Å². The number of carbonyl (C=O) groups excluding carboxylic acids is 1. The number of hydrogen-bond acceptors (Lipinski definition) is 4. The van der Waals surface area contributed by atoms with Crippen molar-refractivity contribution in [1.82, 2.24) is 4.90 Å². The fraction of sp³-hybridized carbons (Fsp3) is 0.846. The number of piperidine rings is 1. The zero-order valence-corrected chi connectivity index (χ0v) is 11.3. The molecule has 0 spiro atoms. The van der Waals surface area contributed by atoms with Crippen LogP contribution in [0, 0.1) is 5.92 Å². The Bertz CT molecular complexity index is 307. The Labute approximate surface area is 108 Å². The number of carboxylic acids is 1. The maximum atomic E-state index is 11.6. The Morgan fingerprint density at radius 1 is 1.44 bits per heavy atom. The molecule has 1 aliphatic rings. The molecule has 3 atom stereocenters. The van der Waals surface area contributed by atoms with Gasteiger partial charge in [-0.2, -0.15) is 0 Å². The molecule has 1 rings (SSSR count). The number of hydrogen-bond donors (Lipinski definition) is 2. The van der Waals surface area contributed by atoms with Crippen LogP contribution in [0.1, 0.15) is 46.0 Å². The van der Waals surface area contributed by atoms with E-state index in [9.17, 15) is 14.7 Å². The first-order valence-electron chi connectivity index (χ1n) is 6.78. The van der Waals surface area contributed by atoms with Crippen LogP contribution in [0.15, 0.2) is 0 Å². The van der Waals surface area contributed by atoms with E-state index < -0.39 is 18.2 Å². The molecule has 1 fully saturated rings. The molecular weight excluding hydrogens is 232 g/mol. The van der Waals surface area contributed by atoms with E-state index in [4.69, 9.17) is 5.73 Å². The van der Waals surface area contributed by atoms with Crippen LogP contribution in [-0.2, 0) is 9.59 Å². The second-order valence-electron chi connectivity index (χ2n) is 5.04. The quantitative estimate of drug-likeness (QED) is 0.746. The summed E-state index contributed by atoms with van der Waals surface area (Å²) in [5.41, 5.74) is 5.86. The molecule has 1 aliphatic heterocycles. The Balaban J connectivity index is 2.73. The van der Waals surface area contributed by atoms with Gasteiger partial charge in [-0.05, 0) is 18.8 Å². The molecule has 5 nitrogen and oxygen atoms in total. The van der Waals surface area contributed by atoms with E-state index in [0.29, 0.717) is 25.3 Å². The third kappa shape index (κ3) is 3.53. The normalized spacial score (nSPS) is 26.8. The number of nitrogens with two attached hydrogens (primary N) is 1. The van der Waals surface area contributed by atoms with Crippen molar-refractivity contribution < 1.29 is 14.7 Å². The molecule has 104 valence electrons. The highest BCUT2D eigenvalue weighted by molar-refractivity contribution is 5.84. The molecule has 18 heavy (non-hydrogen) atoms. The number of likely N-dealkylation sites (tertiary alicyclic amines) is 1. The lowest BCUT2D eigenvalue weighted by Crippen LogP contribution is -2.58. The number of Topliss-reactive ketones (excluding diaryl/α,β-unsaturated/α-hetero) is 1. The summed E-state index contributed by atoms with van der Waals surface area (Å²) in [6.07, 6.45) is 3.24. The molecule has 3 unspecified atom stereocenters. The van der Waals surface area contributed by atoms with Crippen molar-refractivity contribution in [1.29, 1.82) is 0 Å². The number of nitrogens with zero attached hydrogens (tertiary/aromatic N) is 1. The minimum absolute atomic E-state index is 0.0878. The maximum Gasteiger partial charge on any atom is 0.320 e. The van der Waals surface area contributed by atoms with Crippen molar-refractivity contribution in [2.75, 3.05) is 6.54 Å². The summed E-state index contributed by atoms with van der Waals surface area (Å²) in [6, 6.07) is -0.610. The SMILES string of the molecule is CCCC1CCN(C(N)C(=O)CC)C(C(=O)O)C1. The van der Waals surface area contributed by atoms with Crippen LogP contribution in [0.3, 0.4) is 0 Å². The fourth-order valence-electron chi connectivity index (χ4n) is 2.70. The summed E-state index contributed by atoms with van der Waals surface area (Å²) in [7, 11) is 0. The highest BCUT2D eigenvalue weighted by atomic mass is 16.4. The van der Waals surface area contributed by atoms with Crippen LogP contribution in [0.4, 0.5) is 0 Å². The lowest BCUT2D eigenvalue weighted by molar-refractivity contribution is -0.148. The van der Waals surface area contributed by atoms with Gasteiger partial charge in [-0.15, -0.1) is 0 Å². The predicted molar refractivity (Wildman–Crippen MR) is 69.0 cm³/mol. The highest BCUT2D eigenvalue weighted by Crippen LogP contribution is 2.27. The van der Waals surface area contributed by atoms with Crippen LogP contribution in [0.5, 0.6) is 0 Å². The monoisotopic (exact) mass is 256 g/mol. The lowest BCUT2D eigenvalue weighted by Gasteiger charge is -2.39. The van der Waals surface area contributed by atoms with Crippen molar-refractivity contribution in [3.05, 3.63) is 0 Å². The standard InChI is InChI=1S/C13H24N2O3/c1-3-5-9-6-7-15(10(8-9)13(17)18)12(14)11(16)4-2/h9-10,12H,3-8,14H2,1-2H3,(H,17,18). The second-order valence-corrected chi connectivity index (χ2v) is 5.04. The van der Waals surface area contributed by atoms with Gasteiger partial charge < -0.3 is 10.8 Å². The fourth-order valence-corrected chi connectivity index (χ4v) is 2.70. The Kier molecular flexibility index (Phi) is 5.75. The Morgan fingerprint density at radius 2 is 2.11 bits per heavy atom. The van der Waals surface area contributed by atoms with Gasteiger partial charge in [0, 0.05) is 13.0 Å². The molecule has 0 amide bonds. The second kappa shape index (κ2) is 6.85. The van der Waals surface area contributed by atoms with Gasteiger partial charge in [-0.25, -0.2) is 0 Å². The molecule has 0 aromatic heterocycles. The van der Waals surface area contributed by atoms with Gasteiger partial charge in [-0.1, -0.05) is 26.7 Å². The molecular formula is C13H24N2O3. The number of ketones is 1. The number of aliphatic carboxylic acids is 1. The van der Waals surface area contributed by atoms with E-state index in [-0.39, 0.29) is 5.78 Å². The topological polar surface area (TPSA) is 83.6 Å². The van der Waals surface area contributed by atoms with Gasteiger partial charge >= 0.3 is 5.97 Å². The minimum Gasteiger partial charge on any atom is -0.480 e. The molecule has 0 radical (unpaired) electrons. The summed E-state index contributed by atoms with van der Waals surface area (Å²) < 4.78 is 0. The maximum absolute atomic E-state index is 11.6. The summed E-state index contributed by atoms with van der Waals surface area (Å²) >= 11 is 0. The number of rotatable bonds is 6. The molecule has 0 aliphatic carbocycles. The molecule has 5 heteroatoms. The Morgan fingerprint density at radius 3 is 2.61 bits per heavy atom. The first-order valence-corrected chi connectivity index (χ1v) is 6.78. The van der Waals surface area contributed by atoms with Gasteiger partial charge in [0.15, 0.2) is 5.78 Å². The van der Waals surface area contributed by atoms with E-state index in [0.717, 1.165) is 19.3 Å². The average molecular weight is 256 g/mol. The third-order valence-electron chi connectivity index (χ3n) is 3.77. The van der Waals surface area contributed by atoms with Gasteiger partial charge in [0.2, 0.25) is 0 Å². The van der Waals surface area contributed by atoms with Gasteiger partial charge in [0.05, 0.1) is 0 Å². The van der Waals surface area contributed by atoms with Crippen LogP contribution in [0.2, 0.25) is 0 Å².